The van der Waals surface area contributed by atoms with Crippen LogP contribution in [0.4, 0.5) is 5.69 Å². The van der Waals surface area contributed by atoms with Crippen molar-refractivity contribution >= 4 is 27.5 Å². The van der Waals surface area contributed by atoms with E-state index in [1.54, 1.807) is 36.4 Å². The number of anilines is 1. The molecule has 0 saturated carbocycles. The van der Waals surface area contributed by atoms with Crippen LogP contribution in [0.3, 0.4) is 0 Å². The summed E-state index contributed by atoms with van der Waals surface area (Å²) in [7, 11) is -3.99. The van der Waals surface area contributed by atoms with Crippen LogP contribution in [0.15, 0.2) is 53.4 Å². The van der Waals surface area contributed by atoms with E-state index in [-0.39, 0.29) is 16.7 Å². The summed E-state index contributed by atoms with van der Waals surface area (Å²) in [6.07, 6.45) is 3.74. The molecule has 0 fully saturated rings. The van der Waals surface area contributed by atoms with Gasteiger partial charge in [-0.2, -0.15) is 4.72 Å². The van der Waals surface area contributed by atoms with Crippen molar-refractivity contribution in [2.24, 2.45) is 0 Å². The van der Waals surface area contributed by atoms with Gasteiger partial charge in [-0.15, -0.1) is 0 Å². The second-order valence-corrected chi connectivity index (χ2v) is 10.5. The molecule has 0 saturated heterocycles. The van der Waals surface area contributed by atoms with E-state index in [1.165, 1.54) is 6.07 Å². The van der Waals surface area contributed by atoms with E-state index >= 15 is 0 Å². The fraction of sp³-hybridized carbons (Fsp3) is 0.462. The Balaban J connectivity index is 1.70. The standard InChI is InChI=1S/C26H36N4O4S/c1-3-16-30(17-4-2)18-8-15-27-26(32)25(20-9-6-5-7-10-20)29-35(33,34)22-12-13-23-21(19-22)11-14-24(31)28-23/h5-7,9-10,12-13,19,25,29H,3-4,8,11,14-18H2,1-2H3,(H,27,32)(H,28,31)/t25-/m1/s1. The van der Waals surface area contributed by atoms with E-state index in [0.29, 0.717) is 30.6 Å². The summed E-state index contributed by atoms with van der Waals surface area (Å²) in [4.78, 5) is 27.2. The van der Waals surface area contributed by atoms with Crippen molar-refractivity contribution < 1.29 is 18.0 Å². The summed E-state index contributed by atoms with van der Waals surface area (Å²) in [5.74, 6) is -0.470. The maximum Gasteiger partial charge on any atom is 0.242 e. The van der Waals surface area contributed by atoms with Crippen LogP contribution in [0.25, 0.3) is 0 Å². The van der Waals surface area contributed by atoms with Gasteiger partial charge in [0.2, 0.25) is 21.8 Å². The summed E-state index contributed by atoms with van der Waals surface area (Å²) in [5, 5.41) is 5.66. The summed E-state index contributed by atoms with van der Waals surface area (Å²) in [6, 6.07) is 12.4. The molecule has 0 bridgehead atoms. The first-order chi connectivity index (χ1) is 16.8. The minimum atomic E-state index is -3.99. The third-order valence-corrected chi connectivity index (χ3v) is 7.40. The van der Waals surface area contributed by atoms with Gasteiger partial charge in [0.15, 0.2) is 0 Å². The highest BCUT2D eigenvalue weighted by atomic mass is 32.2. The smallest absolute Gasteiger partial charge is 0.242 e. The first-order valence-electron chi connectivity index (χ1n) is 12.3. The second-order valence-electron chi connectivity index (χ2n) is 8.82. The lowest BCUT2D eigenvalue weighted by Crippen LogP contribution is -2.41. The number of fused-ring (bicyclic) bond motifs is 1. The monoisotopic (exact) mass is 500 g/mol. The molecular weight excluding hydrogens is 464 g/mol. The molecule has 0 aromatic heterocycles. The highest BCUT2D eigenvalue weighted by Crippen LogP contribution is 2.26. The van der Waals surface area contributed by atoms with Gasteiger partial charge < -0.3 is 15.5 Å². The third-order valence-electron chi connectivity index (χ3n) is 5.98. The SMILES string of the molecule is CCCN(CCC)CCCNC(=O)[C@H](NS(=O)(=O)c1ccc2c(c1)CCC(=O)N2)c1ccccc1. The van der Waals surface area contributed by atoms with Gasteiger partial charge in [0, 0.05) is 18.7 Å². The number of nitrogens with one attached hydrogen (secondary N) is 3. The number of rotatable bonds is 13. The zero-order valence-corrected chi connectivity index (χ0v) is 21.4. The number of nitrogens with zero attached hydrogens (tertiary/aromatic N) is 1. The van der Waals surface area contributed by atoms with E-state index in [9.17, 15) is 18.0 Å². The highest BCUT2D eigenvalue weighted by Gasteiger charge is 2.28. The van der Waals surface area contributed by atoms with Crippen molar-refractivity contribution in [3.05, 3.63) is 59.7 Å². The molecule has 0 radical (unpaired) electrons. The molecule has 9 heteroatoms. The Kier molecular flexibility index (Phi) is 9.83. The Morgan fingerprint density at radius 2 is 1.74 bits per heavy atom. The molecule has 3 N–H and O–H groups in total. The lowest BCUT2D eigenvalue weighted by atomic mass is 10.0. The second kappa shape index (κ2) is 12.8. The molecule has 0 spiro atoms. The first-order valence-corrected chi connectivity index (χ1v) is 13.8. The molecule has 2 aromatic carbocycles. The minimum Gasteiger partial charge on any atom is -0.354 e. The topological polar surface area (TPSA) is 108 Å². The molecule has 1 aliphatic heterocycles. The van der Waals surface area contributed by atoms with E-state index in [4.69, 9.17) is 0 Å². The number of sulfonamides is 1. The predicted octanol–water partition coefficient (Wildman–Crippen LogP) is 3.22. The molecule has 1 atom stereocenters. The average molecular weight is 501 g/mol. The van der Waals surface area contributed by atoms with Crippen molar-refractivity contribution in [1.29, 1.82) is 0 Å². The number of amides is 2. The van der Waals surface area contributed by atoms with E-state index < -0.39 is 16.1 Å². The largest absolute Gasteiger partial charge is 0.354 e. The first kappa shape index (κ1) is 26.8. The van der Waals surface area contributed by atoms with Gasteiger partial charge in [0.25, 0.3) is 0 Å². The van der Waals surface area contributed by atoms with Crippen molar-refractivity contribution in [2.45, 2.75) is 56.9 Å². The van der Waals surface area contributed by atoms with Crippen molar-refractivity contribution in [2.75, 3.05) is 31.5 Å². The van der Waals surface area contributed by atoms with Gasteiger partial charge >= 0.3 is 0 Å². The Bertz CT molecular complexity index is 1100. The van der Waals surface area contributed by atoms with Gasteiger partial charge in [-0.25, -0.2) is 8.42 Å². The van der Waals surface area contributed by atoms with Crippen molar-refractivity contribution in [3.8, 4) is 0 Å². The fourth-order valence-corrected chi connectivity index (χ4v) is 5.49. The third kappa shape index (κ3) is 7.62. The molecule has 190 valence electrons. The van der Waals surface area contributed by atoms with Gasteiger partial charge in [0.1, 0.15) is 6.04 Å². The van der Waals surface area contributed by atoms with Gasteiger partial charge in [0.05, 0.1) is 4.90 Å². The number of hydrogen-bond donors (Lipinski definition) is 3. The quantitative estimate of drug-likeness (QED) is 0.366. The lowest BCUT2D eigenvalue weighted by molar-refractivity contribution is -0.123. The number of aryl methyl sites for hydroxylation is 1. The zero-order valence-electron chi connectivity index (χ0n) is 20.5. The van der Waals surface area contributed by atoms with Crippen LogP contribution in [0, 0.1) is 0 Å². The summed E-state index contributed by atoms with van der Waals surface area (Å²) >= 11 is 0. The van der Waals surface area contributed by atoms with Crippen molar-refractivity contribution in [3.63, 3.8) is 0 Å². The van der Waals surface area contributed by atoms with Crippen LogP contribution < -0.4 is 15.4 Å². The van der Waals surface area contributed by atoms with Gasteiger partial charge in [-0.1, -0.05) is 44.2 Å². The van der Waals surface area contributed by atoms with Crippen LogP contribution in [-0.2, 0) is 26.0 Å². The molecule has 3 rings (SSSR count). The van der Waals surface area contributed by atoms with E-state index in [2.05, 4.69) is 34.1 Å². The predicted molar refractivity (Wildman–Crippen MR) is 138 cm³/mol. The highest BCUT2D eigenvalue weighted by molar-refractivity contribution is 7.89. The lowest BCUT2D eigenvalue weighted by Gasteiger charge is -2.22. The summed E-state index contributed by atoms with van der Waals surface area (Å²) in [6.45, 7) is 7.71. The average Bonchev–Trinajstić information content (AvgIpc) is 2.85. The van der Waals surface area contributed by atoms with Crippen LogP contribution in [-0.4, -0.2) is 51.3 Å². The van der Waals surface area contributed by atoms with Crippen LogP contribution in [0.1, 0.15) is 56.7 Å². The maximum atomic E-state index is 13.2. The minimum absolute atomic E-state index is 0.0657. The molecule has 2 amide bonds. The molecule has 2 aromatic rings. The summed E-state index contributed by atoms with van der Waals surface area (Å²) < 4.78 is 29.1. The molecule has 8 nitrogen and oxygen atoms in total. The van der Waals surface area contributed by atoms with Crippen LogP contribution >= 0.6 is 0 Å². The van der Waals surface area contributed by atoms with Crippen LogP contribution in [0.2, 0.25) is 0 Å². The number of benzene rings is 2. The Morgan fingerprint density at radius 3 is 2.43 bits per heavy atom. The van der Waals surface area contributed by atoms with Crippen molar-refractivity contribution in [1.82, 2.24) is 14.9 Å². The summed E-state index contributed by atoms with van der Waals surface area (Å²) in [5.41, 5.74) is 1.95. The fourth-order valence-electron chi connectivity index (χ4n) is 4.25. The molecule has 1 heterocycles. The van der Waals surface area contributed by atoms with Gasteiger partial charge in [-0.05, 0) is 74.6 Å². The maximum absolute atomic E-state index is 13.2. The van der Waals surface area contributed by atoms with E-state index in [1.807, 2.05) is 6.07 Å². The number of hydrogen-bond acceptors (Lipinski definition) is 5. The molecule has 1 aliphatic rings. The zero-order chi connectivity index (χ0) is 25.3. The van der Waals surface area contributed by atoms with Gasteiger partial charge in [-0.3, -0.25) is 9.59 Å². The Labute approximate surface area is 208 Å². The van der Waals surface area contributed by atoms with Crippen LogP contribution in [0.5, 0.6) is 0 Å². The molecular formula is C26H36N4O4S. The van der Waals surface area contributed by atoms with E-state index in [0.717, 1.165) is 44.5 Å². The molecule has 35 heavy (non-hydrogen) atoms. The molecule has 0 unspecified atom stereocenters. The number of carbonyl (C=O) groups excluding carboxylic acids is 2. The normalized spacial score (nSPS) is 14.3. The Hall–Kier alpha value is -2.75. The Morgan fingerprint density at radius 1 is 1.03 bits per heavy atom. The number of carbonyl (C=O) groups is 2. The molecule has 0 aliphatic carbocycles.